The molecule has 0 amide bonds. The molecule has 3 aromatic rings. The molecule has 0 saturated heterocycles. The summed E-state index contributed by atoms with van der Waals surface area (Å²) < 4.78 is 0. The van der Waals surface area contributed by atoms with Crippen molar-refractivity contribution in [3.63, 3.8) is 0 Å². The quantitative estimate of drug-likeness (QED) is 0.727. The monoisotopic (exact) mass is 317 g/mol. The van der Waals surface area contributed by atoms with Crippen LogP contribution in [0.1, 0.15) is 28.5 Å². The largest absolute Gasteiger partial charge is 0.376 e. The van der Waals surface area contributed by atoms with Gasteiger partial charge >= 0.3 is 0 Å². The number of rotatable bonds is 3. The molecule has 0 fully saturated rings. The summed E-state index contributed by atoms with van der Waals surface area (Å²) in [6.07, 6.45) is 1.76. The minimum Gasteiger partial charge on any atom is -0.376 e. The maximum atomic E-state index is 6.21. The summed E-state index contributed by atoms with van der Waals surface area (Å²) in [5.41, 5.74) is 2.95. The molecule has 1 atom stereocenters. The second-order valence-corrected chi connectivity index (χ2v) is 6.85. The summed E-state index contributed by atoms with van der Waals surface area (Å²) in [7, 11) is 0. The number of nitrogens with zero attached hydrogens (tertiary/aromatic N) is 2. The van der Waals surface area contributed by atoms with Gasteiger partial charge in [-0.05, 0) is 45.0 Å². The lowest BCUT2D eigenvalue weighted by atomic mass is 10.1. The molecule has 0 spiro atoms. The van der Waals surface area contributed by atoms with E-state index in [1.54, 1.807) is 17.5 Å². The highest BCUT2D eigenvalue weighted by Crippen LogP contribution is 2.31. The minimum absolute atomic E-state index is 0.138. The number of thiazole rings is 1. The van der Waals surface area contributed by atoms with Crippen LogP contribution in [-0.2, 0) is 0 Å². The van der Waals surface area contributed by atoms with E-state index in [1.165, 1.54) is 4.88 Å². The molecule has 5 heteroatoms. The Labute approximate surface area is 133 Å². The van der Waals surface area contributed by atoms with Gasteiger partial charge < -0.3 is 5.32 Å². The molecule has 108 valence electrons. The fraction of sp³-hybridized carbons (Fsp3) is 0.250. The first-order valence-electron chi connectivity index (χ1n) is 6.80. The molecule has 0 saturated carbocycles. The number of hydrogen-bond acceptors (Lipinski definition) is 4. The number of anilines is 1. The smallest absolute Gasteiger partial charge is 0.0908 e. The zero-order chi connectivity index (χ0) is 15.0. The van der Waals surface area contributed by atoms with Gasteiger partial charge in [0.1, 0.15) is 0 Å². The predicted molar refractivity (Wildman–Crippen MR) is 90.4 cm³/mol. The van der Waals surface area contributed by atoms with Crippen molar-refractivity contribution in [2.45, 2.75) is 26.8 Å². The molecule has 1 aromatic carbocycles. The molecule has 1 unspecified atom stereocenters. The van der Waals surface area contributed by atoms with Gasteiger partial charge in [0.05, 0.1) is 27.3 Å². The number of nitrogens with one attached hydrogen (secondary N) is 1. The fourth-order valence-electron chi connectivity index (χ4n) is 2.51. The number of benzene rings is 1. The van der Waals surface area contributed by atoms with Crippen LogP contribution < -0.4 is 5.32 Å². The highest BCUT2D eigenvalue weighted by atomic mass is 35.5. The van der Waals surface area contributed by atoms with E-state index >= 15 is 0 Å². The second-order valence-electron chi connectivity index (χ2n) is 5.03. The van der Waals surface area contributed by atoms with Gasteiger partial charge in [0, 0.05) is 22.1 Å². The Hall–Kier alpha value is -1.65. The molecule has 1 N–H and O–H groups in total. The van der Waals surface area contributed by atoms with Gasteiger partial charge in [-0.15, -0.1) is 11.3 Å². The van der Waals surface area contributed by atoms with Crippen LogP contribution in [0.2, 0.25) is 5.02 Å². The third-order valence-corrected chi connectivity index (χ3v) is 4.65. The van der Waals surface area contributed by atoms with Gasteiger partial charge in [0.2, 0.25) is 0 Å². The topological polar surface area (TPSA) is 37.8 Å². The predicted octanol–water partition coefficient (Wildman–Crippen LogP) is 5.13. The van der Waals surface area contributed by atoms with E-state index in [1.807, 2.05) is 31.2 Å². The molecule has 3 rings (SSSR count). The van der Waals surface area contributed by atoms with Gasteiger partial charge in [-0.2, -0.15) is 0 Å². The number of hydrogen-bond donors (Lipinski definition) is 1. The zero-order valence-corrected chi connectivity index (χ0v) is 13.7. The number of pyridine rings is 1. The Bertz CT molecular complexity index is 797. The molecule has 0 aliphatic carbocycles. The lowest BCUT2D eigenvalue weighted by molar-refractivity contribution is 0.838. The van der Waals surface area contributed by atoms with Crippen molar-refractivity contribution < 1.29 is 0 Å². The van der Waals surface area contributed by atoms with E-state index in [-0.39, 0.29) is 6.04 Å². The van der Waals surface area contributed by atoms with E-state index in [2.05, 4.69) is 29.1 Å². The van der Waals surface area contributed by atoms with Gasteiger partial charge in [-0.1, -0.05) is 11.6 Å². The van der Waals surface area contributed by atoms with E-state index in [4.69, 9.17) is 11.6 Å². The van der Waals surface area contributed by atoms with Crippen LogP contribution in [0.25, 0.3) is 10.9 Å². The minimum atomic E-state index is 0.138. The van der Waals surface area contributed by atoms with E-state index < -0.39 is 0 Å². The van der Waals surface area contributed by atoms with Crippen LogP contribution >= 0.6 is 22.9 Å². The maximum absolute atomic E-state index is 6.21. The summed E-state index contributed by atoms with van der Waals surface area (Å²) in [5.74, 6) is 0. The van der Waals surface area contributed by atoms with Gasteiger partial charge in [-0.3, -0.25) is 4.98 Å². The summed E-state index contributed by atoms with van der Waals surface area (Å²) in [6, 6.07) is 7.97. The van der Waals surface area contributed by atoms with Crippen molar-refractivity contribution in [3.8, 4) is 0 Å². The Morgan fingerprint density at radius 1 is 1.24 bits per heavy atom. The highest BCUT2D eigenvalue weighted by molar-refractivity contribution is 7.11. The average molecular weight is 318 g/mol. The SMILES string of the molecule is Cc1nc(C(C)Nc2ccc(Cl)c3ncccc23)c(C)s1. The van der Waals surface area contributed by atoms with Crippen LogP contribution in [0, 0.1) is 13.8 Å². The Morgan fingerprint density at radius 3 is 2.76 bits per heavy atom. The number of halogens is 1. The van der Waals surface area contributed by atoms with Crippen molar-refractivity contribution in [2.75, 3.05) is 5.32 Å². The standard InChI is InChI=1S/C16H16ClN3S/c1-9(15-10(2)21-11(3)20-15)19-14-7-6-13(17)16-12(14)5-4-8-18-16/h4-9,19H,1-3H3. The molecule has 21 heavy (non-hydrogen) atoms. The van der Waals surface area contributed by atoms with E-state index in [0.717, 1.165) is 27.3 Å². The Kier molecular flexibility index (Phi) is 3.83. The molecule has 0 aliphatic heterocycles. The Morgan fingerprint density at radius 2 is 2.05 bits per heavy atom. The molecule has 0 radical (unpaired) electrons. The van der Waals surface area contributed by atoms with E-state index in [0.29, 0.717) is 5.02 Å². The van der Waals surface area contributed by atoms with Gasteiger partial charge in [0.25, 0.3) is 0 Å². The first-order valence-corrected chi connectivity index (χ1v) is 7.99. The summed E-state index contributed by atoms with van der Waals surface area (Å²) in [4.78, 5) is 10.2. The molecule has 0 bridgehead atoms. The lowest BCUT2D eigenvalue weighted by Crippen LogP contribution is -2.08. The van der Waals surface area contributed by atoms with E-state index in [9.17, 15) is 0 Å². The van der Waals surface area contributed by atoms with Crippen LogP contribution in [0.5, 0.6) is 0 Å². The maximum Gasteiger partial charge on any atom is 0.0908 e. The van der Waals surface area contributed by atoms with Crippen molar-refractivity contribution in [1.82, 2.24) is 9.97 Å². The van der Waals surface area contributed by atoms with Crippen LogP contribution in [-0.4, -0.2) is 9.97 Å². The van der Waals surface area contributed by atoms with Crippen LogP contribution in [0.4, 0.5) is 5.69 Å². The van der Waals surface area contributed by atoms with Crippen LogP contribution in [0.3, 0.4) is 0 Å². The zero-order valence-electron chi connectivity index (χ0n) is 12.1. The van der Waals surface area contributed by atoms with Crippen molar-refractivity contribution in [2.24, 2.45) is 0 Å². The molecule has 3 nitrogen and oxygen atoms in total. The second kappa shape index (κ2) is 5.62. The molecular weight excluding hydrogens is 302 g/mol. The van der Waals surface area contributed by atoms with Crippen molar-refractivity contribution >= 4 is 39.5 Å². The van der Waals surface area contributed by atoms with Gasteiger partial charge in [0.15, 0.2) is 0 Å². The first-order chi connectivity index (χ1) is 10.1. The number of aryl methyl sites for hydroxylation is 2. The molecule has 2 aromatic heterocycles. The summed E-state index contributed by atoms with van der Waals surface area (Å²) >= 11 is 7.94. The summed E-state index contributed by atoms with van der Waals surface area (Å²) in [5, 5.41) is 6.32. The molecular formula is C16H16ClN3S. The highest BCUT2D eigenvalue weighted by Gasteiger charge is 2.14. The van der Waals surface area contributed by atoms with Gasteiger partial charge in [-0.25, -0.2) is 4.98 Å². The molecule has 0 aliphatic rings. The third-order valence-electron chi connectivity index (χ3n) is 3.44. The average Bonchev–Trinajstić information content (AvgIpc) is 2.81. The number of fused-ring (bicyclic) bond motifs is 1. The third kappa shape index (κ3) is 2.74. The summed E-state index contributed by atoms with van der Waals surface area (Å²) in [6.45, 7) is 6.27. The van der Waals surface area contributed by atoms with Crippen molar-refractivity contribution in [3.05, 3.63) is 51.1 Å². The lowest BCUT2D eigenvalue weighted by Gasteiger charge is -2.16. The van der Waals surface area contributed by atoms with Crippen molar-refractivity contribution in [1.29, 1.82) is 0 Å². The number of aromatic nitrogens is 2. The molecule has 2 heterocycles. The van der Waals surface area contributed by atoms with Crippen LogP contribution in [0.15, 0.2) is 30.5 Å². The fourth-order valence-corrected chi connectivity index (χ4v) is 3.64. The first kappa shape index (κ1) is 14.3. The Balaban J connectivity index is 1.99. The normalized spacial score (nSPS) is 12.6.